The van der Waals surface area contributed by atoms with Crippen molar-refractivity contribution in [2.24, 2.45) is 5.92 Å². The van der Waals surface area contributed by atoms with Gasteiger partial charge in [0.2, 0.25) is 0 Å². The number of nitrogens with one attached hydrogen (secondary N) is 1. The maximum atomic E-state index is 4.32. The Balaban J connectivity index is 0.00000144. The molecule has 1 fully saturated rings. The van der Waals surface area contributed by atoms with Gasteiger partial charge in [-0.15, -0.1) is 36.2 Å². The second-order valence-corrected chi connectivity index (χ2v) is 5.42. The Morgan fingerprint density at radius 3 is 2.72 bits per heavy atom. The van der Waals surface area contributed by atoms with Crippen LogP contribution in [0.1, 0.15) is 25.0 Å². The maximum Gasteiger partial charge on any atom is 0.0795 e. The van der Waals surface area contributed by atoms with E-state index in [1.807, 2.05) is 5.51 Å². The summed E-state index contributed by atoms with van der Waals surface area (Å²) in [4.78, 5) is 6.70. The predicted molar refractivity (Wildman–Crippen MR) is 83.2 cm³/mol. The highest BCUT2D eigenvalue weighted by Crippen LogP contribution is 2.16. The number of rotatable bonds is 5. The minimum absolute atomic E-state index is 0. The lowest BCUT2D eigenvalue weighted by Crippen LogP contribution is -2.30. The molecule has 3 nitrogen and oxygen atoms in total. The monoisotopic (exact) mass is 311 g/mol. The fourth-order valence-electron chi connectivity index (χ4n) is 2.24. The van der Waals surface area contributed by atoms with Gasteiger partial charge in [-0.05, 0) is 51.9 Å². The molecule has 0 radical (unpaired) electrons. The molecule has 0 bridgehead atoms. The summed E-state index contributed by atoms with van der Waals surface area (Å²) in [6.45, 7) is 4.61. The van der Waals surface area contributed by atoms with Gasteiger partial charge >= 0.3 is 0 Å². The van der Waals surface area contributed by atoms with Crippen LogP contribution in [0.4, 0.5) is 0 Å². The van der Waals surface area contributed by atoms with Gasteiger partial charge in [0.15, 0.2) is 0 Å². The van der Waals surface area contributed by atoms with Crippen molar-refractivity contribution >= 4 is 36.2 Å². The van der Waals surface area contributed by atoms with Crippen molar-refractivity contribution in [3.8, 4) is 0 Å². The molecule has 1 N–H and O–H groups in total. The standard InChI is InChI=1S/C12H21N3S.2ClH/c1-15(8-12-9-16-10-14-12)7-4-11-2-5-13-6-3-11;;/h9-11,13H,2-8H2,1H3;2*1H. The van der Waals surface area contributed by atoms with Gasteiger partial charge in [-0.25, -0.2) is 4.98 Å². The lowest BCUT2D eigenvalue weighted by Gasteiger charge is -2.24. The van der Waals surface area contributed by atoms with E-state index < -0.39 is 0 Å². The first-order valence-electron chi connectivity index (χ1n) is 6.11. The van der Waals surface area contributed by atoms with E-state index in [4.69, 9.17) is 0 Å². The lowest BCUT2D eigenvalue weighted by molar-refractivity contribution is 0.264. The summed E-state index contributed by atoms with van der Waals surface area (Å²) in [6.07, 6.45) is 4.04. The van der Waals surface area contributed by atoms with Crippen molar-refractivity contribution in [1.82, 2.24) is 15.2 Å². The van der Waals surface area contributed by atoms with Crippen molar-refractivity contribution in [1.29, 1.82) is 0 Å². The predicted octanol–water partition coefficient (Wildman–Crippen LogP) is 2.81. The molecular weight excluding hydrogens is 289 g/mol. The van der Waals surface area contributed by atoms with Crippen molar-refractivity contribution < 1.29 is 0 Å². The van der Waals surface area contributed by atoms with Gasteiger partial charge in [-0.3, -0.25) is 0 Å². The zero-order valence-electron chi connectivity index (χ0n) is 10.8. The third-order valence-electron chi connectivity index (χ3n) is 3.29. The maximum absolute atomic E-state index is 4.32. The molecule has 1 aliphatic heterocycles. The first-order chi connectivity index (χ1) is 7.84. The van der Waals surface area contributed by atoms with Gasteiger partial charge in [-0.2, -0.15) is 0 Å². The number of piperidine rings is 1. The van der Waals surface area contributed by atoms with E-state index in [1.54, 1.807) is 11.3 Å². The van der Waals surface area contributed by atoms with E-state index >= 15 is 0 Å². The normalized spacial score (nSPS) is 16.1. The third-order valence-corrected chi connectivity index (χ3v) is 3.93. The second-order valence-electron chi connectivity index (χ2n) is 4.70. The highest BCUT2D eigenvalue weighted by molar-refractivity contribution is 7.07. The van der Waals surface area contributed by atoms with E-state index in [1.165, 1.54) is 44.6 Å². The van der Waals surface area contributed by atoms with Crippen LogP contribution in [0.5, 0.6) is 0 Å². The summed E-state index contributed by atoms with van der Waals surface area (Å²) in [5.41, 5.74) is 3.12. The molecule has 0 atom stereocenters. The van der Waals surface area contributed by atoms with Gasteiger partial charge in [0, 0.05) is 11.9 Å². The zero-order chi connectivity index (χ0) is 11.2. The Morgan fingerprint density at radius 1 is 1.39 bits per heavy atom. The summed E-state index contributed by atoms with van der Waals surface area (Å²) in [7, 11) is 2.19. The van der Waals surface area contributed by atoms with E-state index in [0.717, 1.165) is 12.5 Å². The molecule has 1 aliphatic rings. The van der Waals surface area contributed by atoms with E-state index in [9.17, 15) is 0 Å². The summed E-state index contributed by atoms with van der Waals surface area (Å²) in [5.74, 6) is 0.930. The average Bonchev–Trinajstić information content (AvgIpc) is 2.81. The molecule has 0 spiro atoms. The van der Waals surface area contributed by atoms with E-state index in [2.05, 4.69) is 27.6 Å². The number of hydrogen-bond donors (Lipinski definition) is 1. The molecule has 0 saturated carbocycles. The molecule has 1 aromatic rings. The van der Waals surface area contributed by atoms with E-state index in [0.29, 0.717) is 0 Å². The summed E-state index contributed by atoms with van der Waals surface area (Å²) in [6, 6.07) is 0. The summed E-state index contributed by atoms with van der Waals surface area (Å²) >= 11 is 1.68. The molecule has 0 amide bonds. The third kappa shape index (κ3) is 6.34. The Kier molecular flexibility index (Phi) is 10.1. The Bertz CT molecular complexity index is 290. The number of hydrogen-bond acceptors (Lipinski definition) is 4. The number of aromatic nitrogens is 1. The molecular formula is C12H23Cl2N3S. The summed E-state index contributed by atoms with van der Waals surface area (Å²) < 4.78 is 0. The fourth-order valence-corrected chi connectivity index (χ4v) is 2.79. The van der Waals surface area contributed by atoms with Crippen LogP contribution in [0.2, 0.25) is 0 Å². The molecule has 0 aromatic carbocycles. The number of thiazole rings is 1. The largest absolute Gasteiger partial charge is 0.317 e. The SMILES string of the molecule is CN(CCC1CCNCC1)Cc1cscn1.Cl.Cl. The number of halogens is 2. The van der Waals surface area contributed by atoms with Gasteiger partial charge in [0.25, 0.3) is 0 Å². The summed E-state index contributed by atoms with van der Waals surface area (Å²) in [5, 5.41) is 5.56. The van der Waals surface area contributed by atoms with Crippen LogP contribution in [0.25, 0.3) is 0 Å². The van der Waals surface area contributed by atoms with Crippen LogP contribution in [0.15, 0.2) is 10.9 Å². The van der Waals surface area contributed by atoms with Gasteiger partial charge in [0.1, 0.15) is 0 Å². The Morgan fingerprint density at radius 2 is 2.11 bits per heavy atom. The minimum atomic E-state index is 0. The van der Waals surface area contributed by atoms with Crippen LogP contribution in [0.3, 0.4) is 0 Å². The molecule has 1 saturated heterocycles. The first kappa shape index (κ1) is 18.1. The van der Waals surface area contributed by atoms with Crippen LogP contribution >= 0.6 is 36.2 Å². The molecule has 1 aromatic heterocycles. The van der Waals surface area contributed by atoms with E-state index in [-0.39, 0.29) is 24.8 Å². The van der Waals surface area contributed by atoms with Gasteiger partial charge in [0.05, 0.1) is 11.2 Å². The lowest BCUT2D eigenvalue weighted by atomic mass is 9.94. The molecule has 0 unspecified atom stereocenters. The Labute approximate surface area is 126 Å². The zero-order valence-corrected chi connectivity index (χ0v) is 13.3. The molecule has 0 aliphatic carbocycles. The van der Waals surface area contributed by atoms with Crippen molar-refractivity contribution in [3.63, 3.8) is 0 Å². The van der Waals surface area contributed by atoms with Crippen LogP contribution in [-0.2, 0) is 6.54 Å². The highest BCUT2D eigenvalue weighted by Gasteiger charge is 2.13. The quantitative estimate of drug-likeness (QED) is 0.906. The Hall–Kier alpha value is 0.130. The first-order valence-corrected chi connectivity index (χ1v) is 7.05. The van der Waals surface area contributed by atoms with Gasteiger partial charge in [-0.1, -0.05) is 0 Å². The van der Waals surface area contributed by atoms with Gasteiger partial charge < -0.3 is 10.2 Å². The fraction of sp³-hybridized carbons (Fsp3) is 0.750. The smallest absolute Gasteiger partial charge is 0.0795 e. The highest BCUT2D eigenvalue weighted by atomic mass is 35.5. The molecule has 106 valence electrons. The number of nitrogens with zero attached hydrogens (tertiary/aromatic N) is 2. The second kappa shape index (κ2) is 9.98. The topological polar surface area (TPSA) is 28.2 Å². The molecule has 2 heterocycles. The van der Waals surface area contributed by atoms with Crippen molar-refractivity contribution in [2.75, 3.05) is 26.7 Å². The van der Waals surface area contributed by atoms with Crippen molar-refractivity contribution in [3.05, 3.63) is 16.6 Å². The minimum Gasteiger partial charge on any atom is -0.317 e. The van der Waals surface area contributed by atoms with Crippen molar-refractivity contribution in [2.45, 2.75) is 25.8 Å². The van der Waals surface area contributed by atoms with Crippen LogP contribution in [0, 0.1) is 5.92 Å². The molecule has 18 heavy (non-hydrogen) atoms. The molecule has 6 heteroatoms. The average molecular weight is 312 g/mol. The molecule has 2 rings (SSSR count). The van der Waals surface area contributed by atoms with Crippen LogP contribution < -0.4 is 5.32 Å². The van der Waals surface area contributed by atoms with Crippen LogP contribution in [-0.4, -0.2) is 36.6 Å².